The number of aromatic nitrogens is 2. The Hall–Kier alpha value is -3.13. The highest BCUT2D eigenvalue weighted by atomic mass is 32.1. The topological polar surface area (TPSA) is 85.7 Å². The lowest BCUT2D eigenvalue weighted by Gasteiger charge is -2.17. The highest BCUT2D eigenvalue weighted by Crippen LogP contribution is 2.24. The lowest BCUT2D eigenvalue weighted by atomic mass is 9.96. The van der Waals surface area contributed by atoms with Crippen molar-refractivity contribution in [1.29, 1.82) is 0 Å². The van der Waals surface area contributed by atoms with E-state index in [-0.39, 0.29) is 10.6 Å². The van der Waals surface area contributed by atoms with Gasteiger partial charge in [-0.3, -0.25) is 20.1 Å². The number of nitrogens with zero attached hydrogens (tertiary/aromatic N) is 5. The number of non-ortho nitro benzene ring substituents is 1. The van der Waals surface area contributed by atoms with Gasteiger partial charge in [-0.05, 0) is 38.0 Å². The molecule has 0 bridgehead atoms. The van der Waals surface area contributed by atoms with Crippen LogP contribution in [-0.4, -0.2) is 26.3 Å². The number of thiazole rings is 1. The average molecular weight is 422 g/mol. The van der Waals surface area contributed by atoms with Gasteiger partial charge in [0.1, 0.15) is 0 Å². The third kappa shape index (κ3) is 4.54. The van der Waals surface area contributed by atoms with Crippen molar-refractivity contribution in [3.8, 4) is 11.3 Å². The van der Waals surface area contributed by atoms with E-state index >= 15 is 0 Å². The van der Waals surface area contributed by atoms with Gasteiger partial charge >= 0.3 is 0 Å². The molecular formula is C22H23N5O2S. The number of nitro groups is 1. The number of rotatable bonds is 5. The Bertz CT molecular complexity index is 1110. The number of pyridine rings is 1. The molecule has 8 heteroatoms. The van der Waals surface area contributed by atoms with Crippen LogP contribution in [0.25, 0.3) is 11.3 Å². The van der Waals surface area contributed by atoms with Crippen LogP contribution in [-0.2, 0) is 0 Å². The maximum Gasteiger partial charge on any atom is 0.269 e. The first kappa shape index (κ1) is 20.2. The molecule has 1 saturated carbocycles. The molecule has 1 aliphatic rings. The van der Waals surface area contributed by atoms with Crippen molar-refractivity contribution >= 4 is 22.7 Å². The van der Waals surface area contributed by atoms with Crippen LogP contribution in [0, 0.1) is 10.1 Å². The van der Waals surface area contributed by atoms with E-state index in [4.69, 9.17) is 10.1 Å². The van der Waals surface area contributed by atoms with Crippen LogP contribution >= 0.6 is 11.3 Å². The molecule has 2 heterocycles. The second kappa shape index (κ2) is 9.13. The van der Waals surface area contributed by atoms with E-state index in [9.17, 15) is 10.1 Å². The van der Waals surface area contributed by atoms with Gasteiger partial charge in [0.15, 0.2) is 0 Å². The van der Waals surface area contributed by atoms with Gasteiger partial charge in [-0.2, -0.15) is 5.10 Å². The Morgan fingerprint density at radius 1 is 1.20 bits per heavy atom. The number of nitro benzene ring substituents is 1. The van der Waals surface area contributed by atoms with Crippen molar-refractivity contribution in [1.82, 2.24) is 9.66 Å². The van der Waals surface area contributed by atoms with Gasteiger partial charge in [0.2, 0.25) is 4.80 Å². The van der Waals surface area contributed by atoms with E-state index in [1.54, 1.807) is 35.9 Å². The van der Waals surface area contributed by atoms with E-state index in [2.05, 4.69) is 4.98 Å². The summed E-state index contributed by atoms with van der Waals surface area (Å²) in [6, 6.07) is 10.7. The van der Waals surface area contributed by atoms with Crippen molar-refractivity contribution in [2.45, 2.75) is 45.1 Å². The predicted octanol–water partition coefficient (Wildman–Crippen LogP) is 5.03. The smallest absolute Gasteiger partial charge is 0.264 e. The minimum atomic E-state index is -0.389. The number of hydrogen-bond donors (Lipinski definition) is 0. The molecule has 1 aromatic carbocycles. The van der Waals surface area contributed by atoms with E-state index in [0.29, 0.717) is 6.04 Å². The average Bonchev–Trinajstić information content (AvgIpc) is 3.17. The van der Waals surface area contributed by atoms with Crippen LogP contribution in [0.2, 0.25) is 0 Å². The summed E-state index contributed by atoms with van der Waals surface area (Å²) in [5.74, 6) is 0. The van der Waals surface area contributed by atoms with Crippen LogP contribution in [0.1, 0.15) is 44.6 Å². The Labute approximate surface area is 178 Å². The second-order valence-electron chi connectivity index (χ2n) is 7.37. The molecular weight excluding hydrogens is 398 g/mol. The second-order valence-corrected chi connectivity index (χ2v) is 8.20. The fourth-order valence-corrected chi connectivity index (χ4v) is 4.49. The molecule has 4 rings (SSSR count). The standard InChI is InChI=1S/C22H23N5O2S/c1-16(18-6-5-13-23-14-18)25-26-21(17-9-11-20(12-10-17)27(28)29)15-30-22(26)24-19-7-3-2-4-8-19/h5-6,9-15,19H,2-4,7-8H2,1H3. The van der Waals surface area contributed by atoms with Crippen molar-refractivity contribution in [2.75, 3.05) is 0 Å². The third-order valence-corrected chi connectivity index (χ3v) is 6.09. The van der Waals surface area contributed by atoms with Crippen molar-refractivity contribution in [2.24, 2.45) is 10.1 Å². The molecule has 2 aromatic heterocycles. The summed E-state index contributed by atoms with van der Waals surface area (Å²) in [5, 5.41) is 17.9. The van der Waals surface area contributed by atoms with E-state index in [0.717, 1.165) is 40.2 Å². The zero-order valence-electron chi connectivity index (χ0n) is 16.8. The fourth-order valence-electron chi connectivity index (χ4n) is 3.59. The van der Waals surface area contributed by atoms with Gasteiger partial charge in [-0.25, -0.2) is 4.68 Å². The quantitative estimate of drug-likeness (QED) is 0.329. The number of benzene rings is 1. The molecule has 30 heavy (non-hydrogen) atoms. The summed E-state index contributed by atoms with van der Waals surface area (Å²) < 4.78 is 1.86. The van der Waals surface area contributed by atoms with E-state index in [1.165, 1.54) is 31.4 Å². The highest BCUT2D eigenvalue weighted by Gasteiger charge is 2.15. The molecule has 0 N–H and O–H groups in total. The molecule has 3 aromatic rings. The summed E-state index contributed by atoms with van der Waals surface area (Å²) in [4.78, 5) is 20.7. The van der Waals surface area contributed by atoms with Crippen LogP contribution < -0.4 is 4.80 Å². The Kier molecular flexibility index (Phi) is 6.13. The first-order valence-electron chi connectivity index (χ1n) is 10.1. The summed E-state index contributed by atoms with van der Waals surface area (Å²) >= 11 is 1.55. The maximum atomic E-state index is 11.0. The summed E-state index contributed by atoms with van der Waals surface area (Å²) in [7, 11) is 0. The summed E-state index contributed by atoms with van der Waals surface area (Å²) in [5.41, 5.74) is 3.57. The van der Waals surface area contributed by atoms with Gasteiger partial charge in [-0.1, -0.05) is 25.3 Å². The maximum absolute atomic E-state index is 11.0. The molecule has 154 valence electrons. The Morgan fingerprint density at radius 3 is 2.63 bits per heavy atom. The summed E-state index contributed by atoms with van der Waals surface area (Å²) in [6.45, 7) is 1.95. The van der Waals surface area contributed by atoms with Gasteiger partial charge in [0, 0.05) is 41.0 Å². The molecule has 0 unspecified atom stereocenters. The van der Waals surface area contributed by atoms with Crippen molar-refractivity contribution in [3.63, 3.8) is 0 Å². The normalized spacial score (nSPS) is 16.0. The zero-order valence-corrected chi connectivity index (χ0v) is 17.6. The molecule has 1 aliphatic carbocycles. The molecule has 0 saturated heterocycles. The van der Waals surface area contributed by atoms with Crippen molar-refractivity contribution in [3.05, 3.63) is 74.7 Å². The molecule has 7 nitrogen and oxygen atoms in total. The van der Waals surface area contributed by atoms with Gasteiger partial charge in [0.25, 0.3) is 5.69 Å². The Balaban J connectivity index is 1.80. The lowest BCUT2D eigenvalue weighted by Crippen LogP contribution is -2.19. The molecule has 0 radical (unpaired) electrons. The van der Waals surface area contributed by atoms with Crippen LogP contribution in [0.15, 0.2) is 64.3 Å². The first-order chi connectivity index (χ1) is 14.6. The monoisotopic (exact) mass is 421 g/mol. The van der Waals surface area contributed by atoms with Gasteiger partial charge in [-0.15, -0.1) is 11.3 Å². The Morgan fingerprint density at radius 2 is 1.97 bits per heavy atom. The third-order valence-electron chi connectivity index (χ3n) is 5.26. The molecule has 0 amide bonds. The molecule has 0 atom stereocenters. The summed E-state index contributed by atoms with van der Waals surface area (Å²) in [6.07, 6.45) is 9.45. The van der Waals surface area contributed by atoms with Gasteiger partial charge in [0.05, 0.1) is 22.4 Å². The zero-order chi connectivity index (χ0) is 20.9. The predicted molar refractivity (Wildman–Crippen MR) is 119 cm³/mol. The minimum Gasteiger partial charge on any atom is -0.264 e. The highest BCUT2D eigenvalue weighted by molar-refractivity contribution is 7.07. The largest absolute Gasteiger partial charge is 0.269 e. The molecule has 0 aliphatic heterocycles. The number of hydrogen-bond acceptors (Lipinski definition) is 6. The lowest BCUT2D eigenvalue weighted by molar-refractivity contribution is -0.384. The van der Waals surface area contributed by atoms with Gasteiger partial charge < -0.3 is 0 Å². The van der Waals surface area contributed by atoms with E-state index < -0.39 is 0 Å². The fraction of sp³-hybridized carbons (Fsp3) is 0.318. The van der Waals surface area contributed by atoms with Crippen LogP contribution in [0.3, 0.4) is 0 Å². The van der Waals surface area contributed by atoms with Crippen molar-refractivity contribution < 1.29 is 4.92 Å². The van der Waals surface area contributed by atoms with Crippen LogP contribution in [0.4, 0.5) is 5.69 Å². The van der Waals surface area contributed by atoms with E-state index in [1.807, 2.05) is 29.1 Å². The first-order valence-corrected chi connectivity index (χ1v) is 10.9. The van der Waals surface area contributed by atoms with Crippen LogP contribution in [0.5, 0.6) is 0 Å². The SMILES string of the molecule is CC(=Nn1c(-c2ccc([N+](=O)[O-])cc2)csc1=NC1CCCCC1)c1cccnc1. The minimum absolute atomic E-state index is 0.0719. The molecule has 0 spiro atoms. The molecule has 1 fully saturated rings.